The van der Waals surface area contributed by atoms with Gasteiger partial charge in [0.25, 0.3) is 0 Å². The first-order chi connectivity index (χ1) is 18.2. The third-order valence-electron chi connectivity index (χ3n) is 7.87. The van der Waals surface area contributed by atoms with Gasteiger partial charge in [0.2, 0.25) is 0 Å². The Labute approximate surface area is 228 Å². The van der Waals surface area contributed by atoms with Gasteiger partial charge in [-0.2, -0.15) is 0 Å². The largest absolute Gasteiger partial charge is 0.616 e. The second kappa shape index (κ2) is 10.9. The standard InChI is InChI=1S/C30H37N3O4S/c1-30(2)13-14-33(3)26-18-28(36-4)25(17-23(26)30)32-29(34)31-24-9-10-27(22-8-6-5-7-21(22)24)37-15-11-20-12-16-38(35)19-20/h5-10,17-18,20H,11-16,19H2,1-4H3,(H2,31,32,34). The van der Waals surface area contributed by atoms with E-state index in [2.05, 4.69) is 36.4 Å². The highest BCUT2D eigenvalue weighted by Gasteiger charge is 2.31. The molecule has 202 valence electrons. The van der Waals surface area contributed by atoms with Crippen LogP contribution >= 0.6 is 0 Å². The maximum atomic E-state index is 13.2. The predicted octanol–water partition coefficient (Wildman–Crippen LogP) is 6.15. The monoisotopic (exact) mass is 535 g/mol. The molecule has 0 spiro atoms. The summed E-state index contributed by atoms with van der Waals surface area (Å²) in [6.45, 7) is 6.03. The normalized spacial score (nSPS) is 20.2. The number of hydrogen-bond donors (Lipinski definition) is 2. The predicted molar refractivity (Wildman–Crippen MR) is 157 cm³/mol. The van der Waals surface area contributed by atoms with Crippen molar-refractivity contribution in [2.24, 2.45) is 5.92 Å². The average molecular weight is 536 g/mol. The minimum atomic E-state index is -0.667. The van der Waals surface area contributed by atoms with Gasteiger partial charge in [0.1, 0.15) is 23.0 Å². The van der Waals surface area contributed by atoms with Gasteiger partial charge in [-0.25, -0.2) is 4.79 Å². The zero-order valence-electron chi connectivity index (χ0n) is 22.6. The van der Waals surface area contributed by atoms with E-state index in [4.69, 9.17) is 9.47 Å². The Morgan fingerprint density at radius 2 is 1.87 bits per heavy atom. The van der Waals surface area contributed by atoms with Crippen molar-refractivity contribution in [1.29, 1.82) is 0 Å². The molecule has 0 aromatic heterocycles. The number of amides is 2. The highest BCUT2D eigenvalue weighted by molar-refractivity contribution is 7.91. The fourth-order valence-electron chi connectivity index (χ4n) is 5.47. The molecule has 0 radical (unpaired) electrons. The third-order valence-corrected chi connectivity index (χ3v) is 9.40. The molecule has 1 fully saturated rings. The molecule has 38 heavy (non-hydrogen) atoms. The summed E-state index contributed by atoms with van der Waals surface area (Å²) >= 11 is -0.667. The van der Waals surface area contributed by atoms with E-state index in [1.165, 1.54) is 5.56 Å². The van der Waals surface area contributed by atoms with Crippen LogP contribution in [-0.4, -0.2) is 49.4 Å². The van der Waals surface area contributed by atoms with Gasteiger partial charge >= 0.3 is 6.03 Å². The Morgan fingerprint density at radius 1 is 1.11 bits per heavy atom. The van der Waals surface area contributed by atoms with Crippen LogP contribution in [0, 0.1) is 5.92 Å². The molecule has 8 heteroatoms. The number of hydrogen-bond acceptors (Lipinski definition) is 5. The van der Waals surface area contributed by atoms with Crippen molar-refractivity contribution < 1.29 is 18.8 Å². The summed E-state index contributed by atoms with van der Waals surface area (Å²) < 4.78 is 23.4. The SMILES string of the molecule is COc1cc2c(cc1NC(=O)Nc1ccc(OCCC3CC[S+]([O-])C3)c3ccccc13)C(C)(C)CCN2C. The molecule has 2 aliphatic rings. The first-order valence-corrected chi connectivity index (χ1v) is 14.7. The minimum absolute atomic E-state index is 0.00188. The van der Waals surface area contributed by atoms with Crippen molar-refractivity contribution in [3.8, 4) is 11.5 Å². The maximum Gasteiger partial charge on any atom is 0.323 e. The maximum absolute atomic E-state index is 13.2. The summed E-state index contributed by atoms with van der Waals surface area (Å²) in [7, 11) is 3.71. The second-order valence-electron chi connectivity index (χ2n) is 11.0. The van der Waals surface area contributed by atoms with Crippen LogP contribution in [0.4, 0.5) is 21.9 Å². The van der Waals surface area contributed by atoms with E-state index in [-0.39, 0.29) is 11.4 Å². The van der Waals surface area contributed by atoms with Crippen LogP contribution in [0.25, 0.3) is 10.8 Å². The van der Waals surface area contributed by atoms with Crippen molar-refractivity contribution in [3.05, 3.63) is 54.1 Å². The van der Waals surface area contributed by atoms with Crippen LogP contribution in [0.15, 0.2) is 48.5 Å². The molecular formula is C30H37N3O4S. The van der Waals surface area contributed by atoms with Gasteiger partial charge in [-0.1, -0.05) is 49.3 Å². The lowest BCUT2D eigenvalue weighted by molar-refractivity contribution is 0.262. The smallest absolute Gasteiger partial charge is 0.323 e. The molecule has 0 bridgehead atoms. The van der Waals surface area contributed by atoms with E-state index in [1.807, 2.05) is 48.5 Å². The Bertz CT molecular complexity index is 1330. The zero-order chi connectivity index (χ0) is 26.9. The van der Waals surface area contributed by atoms with Crippen LogP contribution in [0.1, 0.15) is 38.7 Å². The van der Waals surface area contributed by atoms with Crippen LogP contribution in [0.3, 0.4) is 0 Å². The number of fused-ring (bicyclic) bond motifs is 2. The lowest BCUT2D eigenvalue weighted by atomic mass is 9.77. The molecule has 0 saturated carbocycles. The average Bonchev–Trinajstić information content (AvgIpc) is 3.32. The lowest BCUT2D eigenvalue weighted by Crippen LogP contribution is -2.35. The van der Waals surface area contributed by atoms with Gasteiger partial charge in [0.05, 0.1) is 25.1 Å². The summed E-state index contributed by atoms with van der Waals surface area (Å²) in [6.07, 6.45) is 2.95. The van der Waals surface area contributed by atoms with Gasteiger partial charge in [-0.3, -0.25) is 0 Å². The molecule has 2 aliphatic heterocycles. The fourth-order valence-corrected chi connectivity index (χ4v) is 7.09. The van der Waals surface area contributed by atoms with E-state index in [9.17, 15) is 9.35 Å². The number of benzene rings is 3. The fraction of sp³-hybridized carbons (Fsp3) is 0.433. The van der Waals surface area contributed by atoms with E-state index in [1.54, 1.807) is 7.11 Å². The first-order valence-electron chi connectivity index (χ1n) is 13.3. The molecule has 7 nitrogen and oxygen atoms in total. The lowest BCUT2D eigenvalue weighted by Gasteiger charge is -2.39. The van der Waals surface area contributed by atoms with Crippen LogP contribution < -0.4 is 25.0 Å². The van der Waals surface area contributed by atoms with E-state index in [0.29, 0.717) is 29.6 Å². The zero-order valence-corrected chi connectivity index (χ0v) is 23.5. The molecule has 2 amide bonds. The third kappa shape index (κ3) is 5.52. The van der Waals surface area contributed by atoms with Gasteiger partial charge in [0, 0.05) is 42.0 Å². The number of anilines is 3. The molecule has 2 N–H and O–H groups in total. The molecule has 5 rings (SSSR count). The molecule has 2 heterocycles. The van der Waals surface area contributed by atoms with Crippen LogP contribution in [0.2, 0.25) is 0 Å². The number of rotatable bonds is 7. The van der Waals surface area contributed by atoms with Crippen LogP contribution in [-0.2, 0) is 16.6 Å². The Balaban J connectivity index is 1.32. The molecule has 3 aromatic carbocycles. The van der Waals surface area contributed by atoms with Crippen molar-refractivity contribution in [2.45, 2.75) is 38.5 Å². The second-order valence-corrected chi connectivity index (χ2v) is 12.6. The summed E-state index contributed by atoms with van der Waals surface area (Å²) in [6, 6.07) is 15.4. The van der Waals surface area contributed by atoms with Crippen molar-refractivity contribution >= 4 is 45.0 Å². The Hall–Kier alpha value is -3.10. The molecule has 0 aliphatic carbocycles. The molecule has 1 saturated heterocycles. The van der Waals surface area contributed by atoms with Crippen molar-refractivity contribution in [2.75, 3.05) is 54.3 Å². The topological polar surface area (TPSA) is 85.9 Å². The van der Waals surface area contributed by atoms with E-state index >= 15 is 0 Å². The molecule has 2 atom stereocenters. The highest BCUT2D eigenvalue weighted by atomic mass is 32.2. The van der Waals surface area contributed by atoms with Gasteiger partial charge in [0.15, 0.2) is 0 Å². The number of urea groups is 1. The Morgan fingerprint density at radius 3 is 2.61 bits per heavy atom. The number of carbonyl (C=O) groups is 1. The highest BCUT2D eigenvalue weighted by Crippen LogP contribution is 2.44. The minimum Gasteiger partial charge on any atom is -0.616 e. The summed E-state index contributed by atoms with van der Waals surface area (Å²) in [5.41, 5.74) is 3.67. The number of nitrogens with zero attached hydrogens (tertiary/aromatic N) is 1. The summed E-state index contributed by atoms with van der Waals surface area (Å²) in [4.78, 5) is 15.4. The van der Waals surface area contributed by atoms with Crippen molar-refractivity contribution in [1.82, 2.24) is 0 Å². The molecular weight excluding hydrogens is 498 g/mol. The van der Waals surface area contributed by atoms with Crippen LogP contribution in [0.5, 0.6) is 11.5 Å². The van der Waals surface area contributed by atoms with Crippen molar-refractivity contribution in [3.63, 3.8) is 0 Å². The molecule has 3 aromatic rings. The van der Waals surface area contributed by atoms with E-state index in [0.717, 1.165) is 59.5 Å². The quantitative estimate of drug-likeness (QED) is 0.355. The number of nitrogens with one attached hydrogen (secondary N) is 2. The first kappa shape index (κ1) is 26.5. The van der Waals surface area contributed by atoms with Gasteiger partial charge < -0.3 is 29.6 Å². The van der Waals surface area contributed by atoms with Gasteiger partial charge in [-0.15, -0.1) is 0 Å². The Kier molecular flexibility index (Phi) is 7.63. The van der Waals surface area contributed by atoms with Gasteiger partial charge in [-0.05, 0) is 48.4 Å². The van der Waals surface area contributed by atoms with E-state index < -0.39 is 11.2 Å². The number of methoxy groups -OCH3 is 1. The number of carbonyl (C=O) groups excluding carboxylic acids is 1. The number of ether oxygens (including phenoxy) is 2. The summed E-state index contributed by atoms with van der Waals surface area (Å²) in [5, 5.41) is 7.88. The summed E-state index contributed by atoms with van der Waals surface area (Å²) in [5.74, 6) is 3.47. The molecule has 2 unspecified atom stereocenters.